The molecule has 1 rings (SSSR count). The van der Waals surface area contributed by atoms with Crippen LogP contribution >= 0.6 is 0 Å². The van der Waals surface area contributed by atoms with Crippen LogP contribution < -0.4 is 5.32 Å². The summed E-state index contributed by atoms with van der Waals surface area (Å²) in [6.07, 6.45) is 2.25. The Bertz CT molecular complexity index is 507. The number of carbonyl (C=O) groups excluding carboxylic acids is 1. The Balaban J connectivity index is 2.99. The van der Waals surface area contributed by atoms with E-state index in [-0.39, 0.29) is 18.6 Å². The van der Waals surface area contributed by atoms with Gasteiger partial charge >= 0.3 is 0 Å². The average molecular weight is 273 g/mol. The maximum Gasteiger partial charge on any atom is 0.252 e. The number of hydrogen-bond acceptors (Lipinski definition) is 2. The predicted octanol–water partition coefficient (Wildman–Crippen LogP) is 2.65. The second kappa shape index (κ2) is 8.39. The fourth-order valence-electron chi connectivity index (χ4n) is 1.93. The smallest absolute Gasteiger partial charge is 0.252 e. The van der Waals surface area contributed by atoms with Gasteiger partial charge in [0.15, 0.2) is 0 Å². The fraction of sp³-hybridized carbons (Fsp3) is 0.471. The summed E-state index contributed by atoms with van der Waals surface area (Å²) < 4.78 is 0. The third-order valence-corrected chi connectivity index (χ3v) is 3.20. The molecule has 3 nitrogen and oxygen atoms in total. The molecule has 2 N–H and O–H groups in total. The second-order valence-corrected chi connectivity index (χ2v) is 4.81. The van der Waals surface area contributed by atoms with Crippen molar-refractivity contribution >= 4 is 5.91 Å². The van der Waals surface area contributed by atoms with Gasteiger partial charge in [0.05, 0.1) is 12.2 Å². The lowest BCUT2D eigenvalue weighted by atomic mass is 10.0. The van der Waals surface area contributed by atoms with Gasteiger partial charge < -0.3 is 10.4 Å². The highest BCUT2D eigenvalue weighted by molar-refractivity contribution is 5.97. The first-order valence-electron chi connectivity index (χ1n) is 7.13. The number of amides is 1. The number of benzene rings is 1. The van der Waals surface area contributed by atoms with E-state index >= 15 is 0 Å². The van der Waals surface area contributed by atoms with E-state index in [9.17, 15) is 4.79 Å². The van der Waals surface area contributed by atoms with E-state index in [1.54, 1.807) is 0 Å². The largest absolute Gasteiger partial charge is 0.395 e. The van der Waals surface area contributed by atoms with Gasteiger partial charge in [-0.25, -0.2) is 0 Å². The Morgan fingerprint density at radius 1 is 1.35 bits per heavy atom. The van der Waals surface area contributed by atoms with E-state index in [0.717, 1.165) is 24.0 Å². The Morgan fingerprint density at radius 2 is 2.05 bits per heavy atom. The number of carbonyl (C=O) groups is 1. The van der Waals surface area contributed by atoms with Crippen LogP contribution in [0.1, 0.15) is 54.6 Å². The molecule has 0 aliphatic carbocycles. The third-order valence-electron chi connectivity index (χ3n) is 3.20. The molecule has 0 bridgehead atoms. The molecule has 1 amide bonds. The number of aryl methyl sites for hydroxylation is 1. The summed E-state index contributed by atoms with van der Waals surface area (Å²) in [5.41, 5.74) is 2.40. The van der Waals surface area contributed by atoms with E-state index in [4.69, 9.17) is 5.11 Å². The van der Waals surface area contributed by atoms with Gasteiger partial charge in [-0.15, -0.1) is 0 Å². The maximum atomic E-state index is 12.3. The molecule has 0 spiro atoms. The van der Waals surface area contributed by atoms with E-state index in [2.05, 4.69) is 31.0 Å². The Morgan fingerprint density at radius 3 is 2.65 bits per heavy atom. The Hall–Kier alpha value is -1.79. The molecule has 20 heavy (non-hydrogen) atoms. The zero-order valence-corrected chi connectivity index (χ0v) is 12.5. The molecule has 0 unspecified atom stereocenters. The van der Waals surface area contributed by atoms with E-state index in [1.807, 2.05) is 25.1 Å². The van der Waals surface area contributed by atoms with Gasteiger partial charge in [0.25, 0.3) is 5.91 Å². The lowest BCUT2D eigenvalue weighted by molar-refractivity contribution is 0.0934. The molecule has 1 aromatic rings. The van der Waals surface area contributed by atoms with Gasteiger partial charge in [-0.3, -0.25) is 4.79 Å². The summed E-state index contributed by atoms with van der Waals surface area (Å²) >= 11 is 0. The highest BCUT2D eigenvalue weighted by Crippen LogP contribution is 2.12. The molecule has 0 fully saturated rings. The summed E-state index contributed by atoms with van der Waals surface area (Å²) in [4.78, 5) is 12.3. The molecule has 0 atom stereocenters. The van der Waals surface area contributed by atoms with Crippen LogP contribution in [0.5, 0.6) is 0 Å². The molecule has 0 saturated carbocycles. The lowest BCUT2D eigenvalue weighted by Gasteiger charge is -2.15. The number of aliphatic hydroxyl groups excluding tert-OH is 1. The van der Waals surface area contributed by atoms with Crippen molar-refractivity contribution in [1.82, 2.24) is 5.32 Å². The van der Waals surface area contributed by atoms with Gasteiger partial charge in [0, 0.05) is 18.0 Å². The fourth-order valence-corrected chi connectivity index (χ4v) is 1.93. The highest BCUT2D eigenvalue weighted by Gasteiger charge is 2.13. The summed E-state index contributed by atoms with van der Waals surface area (Å²) in [5.74, 6) is 5.77. The van der Waals surface area contributed by atoms with Crippen LogP contribution in [-0.4, -0.2) is 23.7 Å². The van der Waals surface area contributed by atoms with Gasteiger partial charge in [0.1, 0.15) is 0 Å². The maximum absolute atomic E-state index is 12.3. The number of nitrogens with one attached hydrogen (secondary N) is 1. The van der Waals surface area contributed by atoms with Crippen molar-refractivity contribution in [2.45, 2.75) is 46.1 Å². The summed E-state index contributed by atoms with van der Waals surface area (Å²) in [6.45, 7) is 6.13. The molecule has 0 aliphatic rings. The molecule has 1 aromatic carbocycles. The van der Waals surface area contributed by atoms with Crippen LogP contribution in [0.2, 0.25) is 0 Å². The van der Waals surface area contributed by atoms with Crippen LogP contribution in [0, 0.1) is 18.8 Å². The molecular weight excluding hydrogens is 250 g/mol. The van der Waals surface area contributed by atoms with Gasteiger partial charge in [0.2, 0.25) is 0 Å². The van der Waals surface area contributed by atoms with Crippen LogP contribution in [0.25, 0.3) is 0 Å². The average Bonchev–Trinajstić information content (AvgIpc) is 2.45. The van der Waals surface area contributed by atoms with Gasteiger partial charge in [-0.2, -0.15) is 0 Å². The van der Waals surface area contributed by atoms with E-state index in [0.29, 0.717) is 12.0 Å². The minimum absolute atomic E-state index is 0.0358. The molecular formula is C17H23NO2. The summed E-state index contributed by atoms with van der Waals surface area (Å²) in [6, 6.07) is 5.84. The van der Waals surface area contributed by atoms with Crippen molar-refractivity contribution in [2.24, 2.45) is 0 Å². The zero-order valence-electron chi connectivity index (χ0n) is 12.5. The first-order chi connectivity index (χ1) is 9.62. The monoisotopic (exact) mass is 273 g/mol. The normalized spacial score (nSPS) is 10.1. The molecule has 0 aromatic heterocycles. The minimum atomic E-state index is -0.0769. The quantitative estimate of drug-likeness (QED) is 0.810. The number of aliphatic hydroxyl groups is 1. The van der Waals surface area contributed by atoms with E-state index < -0.39 is 0 Å². The standard InChI is InChI=1S/C17H23NO2/c1-4-15(5-2)18-17(20)16-10-9-13(3)12-14(16)8-6-7-11-19/h9-10,12,15,19H,4-5,7,11H2,1-3H3,(H,18,20). The lowest BCUT2D eigenvalue weighted by Crippen LogP contribution is -2.34. The Kier molecular flexibility index (Phi) is 6.83. The zero-order chi connectivity index (χ0) is 15.0. The first-order valence-corrected chi connectivity index (χ1v) is 7.13. The Labute approximate surface area is 121 Å². The number of rotatable bonds is 5. The van der Waals surface area contributed by atoms with Crippen LogP contribution in [0.4, 0.5) is 0 Å². The highest BCUT2D eigenvalue weighted by atomic mass is 16.2. The van der Waals surface area contributed by atoms with Crippen LogP contribution in [0.15, 0.2) is 18.2 Å². The van der Waals surface area contributed by atoms with Gasteiger partial charge in [-0.05, 0) is 37.5 Å². The topological polar surface area (TPSA) is 49.3 Å². The van der Waals surface area contributed by atoms with E-state index in [1.165, 1.54) is 0 Å². The van der Waals surface area contributed by atoms with Crippen LogP contribution in [-0.2, 0) is 0 Å². The summed E-state index contributed by atoms with van der Waals surface area (Å²) in [5, 5.41) is 11.8. The first kappa shape index (κ1) is 16.3. The van der Waals surface area contributed by atoms with Crippen molar-refractivity contribution in [3.63, 3.8) is 0 Å². The van der Waals surface area contributed by atoms with Crippen molar-refractivity contribution < 1.29 is 9.90 Å². The minimum Gasteiger partial charge on any atom is -0.395 e. The molecule has 108 valence electrons. The molecule has 3 heteroatoms. The third kappa shape index (κ3) is 4.71. The van der Waals surface area contributed by atoms with Crippen molar-refractivity contribution in [3.05, 3.63) is 34.9 Å². The predicted molar refractivity (Wildman–Crippen MR) is 81.6 cm³/mol. The van der Waals surface area contributed by atoms with Gasteiger partial charge in [-0.1, -0.05) is 31.8 Å². The number of hydrogen-bond donors (Lipinski definition) is 2. The molecule has 0 aliphatic heterocycles. The van der Waals surface area contributed by atoms with Crippen molar-refractivity contribution in [2.75, 3.05) is 6.61 Å². The molecule has 0 radical (unpaired) electrons. The van der Waals surface area contributed by atoms with Crippen molar-refractivity contribution in [1.29, 1.82) is 0 Å². The molecule has 0 saturated heterocycles. The SMILES string of the molecule is CCC(CC)NC(=O)c1ccc(C)cc1C#CCCO. The second-order valence-electron chi connectivity index (χ2n) is 4.81. The molecule has 0 heterocycles. The van der Waals surface area contributed by atoms with Crippen molar-refractivity contribution in [3.8, 4) is 11.8 Å². The summed E-state index contributed by atoms with van der Waals surface area (Å²) in [7, 11) is 0. The van der Waals surface area contributed by atoms with Crippen LogP contribution in [0.3, 0.4) is 0 Å².